The molecule has 0 fully saturated rings. The summed E-state index contributed by atoms with van der Waals surface area (Å²) < 4.78 is 0. The molecule has 0 saturated carbocycles. The zero-order valence-corrected chi connectivity index (χ0v) is 6.53. The molecule has 0 bridgehead atoms. The van der Waals surface area contributed by atoms with Crippen LogP contribution in [-0.4, -0.2) is 6.04 Å². The molecule has 0 saturated heterocycles. The Balaban J connectivity index is 2.59. The number of rotatable bonds is 2. The first kappa shape index (κ1) is 8.08. The van der Waals surface area contributed by atoms with Crippen molar-refractivity contribution in [3.8, 4) is 0 Å². The van der Waals surface area contributed by atoms with Gasteiger partial charge in [0.05, 0.1) is 0 Å². The van der Waals surface area contributed by atoms with Crippen LogP contribution in [0.25, 0.3) is 0 Å². The molecule has 0 radical (unpaired) electrons. The predicted molar refractivity (Wildman–Crippen MR) is 47.8 cm³/mol. The first-order valence-corrected chi connectivity index (χ1v) is 3.85. The fourth-order valence-electron chi connectivity index (χ4n) is 1.11. The molecule has 0 aromatic rings. The highest BCUT2D eigenvalue weighted by molar-refractivity contribution is 5.30. The molecule has 11 heavy (non-hydrogen) atoms. The molecule has 0 aliphatic heterocycles. The van der Waals surface area contributed by atoms with Crippen molar-refractivity contribution in [2.24, 2.45) is 11.5 Å². The van der Waals surface area contributed by atoms with Gasteiger partial charge in [0.25, 0.3) is 0 Å². The van der Waals surface area contributed by atoms with Crippen LogP contribution in [0.3, 0.4) is 0 Å². The van der Waals surface area contributed by atoms with E-state index in [9.17, 15) is 0 Å². The molecule has 4 N–H and O–H groups in total. The average Bonchev–Trinajstić information content (AvgIpc) is 2.07. The van der Waals surface area contributed by atoms with Crippen LogP contribution in [0.4, 0.5) is 0 Å². The van der Waals surface area contributed by atoms with Crippen LogP contribution < -0.4 is 11.5 Å². The molecule has 60 valence electrons. The maximum atomic E-state index is 5.77. The summed E-state index contributed by atoms with van der Waals surface area (Å²) in [5.41, 5.74) is 12.2. The van der Waals surface area contributed by atoms with Gasteiger partial charge in [0.2, 0.25) is 0 Å². The van der Waals surface area contributed by atoms with Gasteiger partial charge in [0.15, 0.2) is 0 Å². The SMILES string of the molecule is N/C=C/C(N)C1=CCCC=C1. The molecular formula is C9H14N2. The smallest absolute Gasteiger partial charge is 0.0494 e. The van der Waals surface area contributed by atoms with Crippen molar-refractivity contribution in [3.05, 3.63) is 36.1 Å². The van der Waals surface area contributed by atoms with E-state index < -0.39 is 0 Å². The number of allylic oxidation sites excluding steroid dienone is 2. The predicted octanol–water partition coefficient (Wildman–Crippen LogP) is 1.06. The van der Waals surface area contributed by atoms with Crippen molar-refractivity contribution in [1.82, 2.24) is 0 Å². The zero-order chi connectivity index (χ0) is 8.10. The van der Waals surface area contributed by atoms with Gasteiger partial charge in [-0.15, -0.1) is 0 Å². The fourth-order valence-corrected chi connectivity index (χ4v) is 1.11. The molecule has 1 atom stereocenters. The van der Waals surface area contributed by atoms with Crippen LogP contribution in [0.2, 0.25) is 0 Å². The highest BCUT2D eigenvalue weighted by atomic mass is 14.6. The molecule has 1 aliphatic carbocycles. The topological polar surface area (TPSA) is 52.0 Å². The lowest BCUT2D eigenvalue weighted by Gasteiger charge is -2.10. The maximum Gasteiger partial charge on any atom is 0.0494 e. The van der Waals surface area contributed by atoms with Crippen LogP contribution >= 0.6 is 0 Å². The van der Waals surface area contributed by atoms with E-state index in [1.165, 1.54) is 6.20 Å². The summed E-state index contributed by atoms with van der Waals surface area (Å²) in [5.74, 6) is 0. The van der Waals surface area contributed by atoms with Crippen molar-refractivity contribution in [2.75, 3.05) is 0 Å². The lowest BCUT2D eigenvalue weighted by Crippen LogP contribution is -2.19. The minimum atomic E-state index is -0.0310. The monoisotopic (exact) mass is 150 g/mol. The van der Waals surface area contributed by atoms with E-state index in [0.29, 0.717) is 0 Å². The van der Waals surface area contributed by atoms with Gasteiger partial charge in [0, 0.05) is 6.04 Å². The summed E-state index contributed by atoms with van der Waals surface area (Å²) in [6.07, 6.45) is 11.9. The summed E-state index contributed by atoms with van der Waals surface area (Å²) in [7, 11) is 0. The Morgan fingerprint density at radius 1 is 1.45 bits per heavy atom. The third kappa shape index (κ3) is 2.24. The molecule has 2 nitrogen and oxygen atoms in total. The molecule has 0 aromatic heterocycles. The Kier molecular flexibility index (Phi) is 2.93. The summed E-state index contributed by atoms with van der Waals surface area (Å²) in [6.45, 7) is 0. The van der Waals surface area contributed by atoms with E-state index in [1.807, 2.05) is 0 Å². The van der Waals surface area contributed by atoms with Crippen molar-refractivity contribution >= 4 is 0 Å². The number of nitrogens with two attached hydrogens (primary N) is 2. The summed E-state index contributed by atoms with van der Waals surface area (Å²) >= 11 is 0. The van der Waals surface area contributed by atoms with Gasteiger partial charge in [-0.1, -0.05) is 18.2 Å². The van der Waals surface area contributed by atoms with E-state index in [2.05, 4.69) is 18.2 Å². The molecule has 0 heterocycles. The molecule has 1 aliphatic rings. The number of hydrogen-bond donors (Lipinski definition) is 2. The van der Waals surface area contributed by atoms with E-state index in [1.54, 1.807) is 6.08 Å². The second-order valence-corrected chi connectivity index (χ2v) is 2.59. The highest BCUT2D eigenvalue weighted by Crippen LogP contribution is 2.12. The molecule has 0 spiro atoms. The molecule has 2 heteroatoms. The van der Waals surface area contributed by atoms with Crippen molar-refractivity contribution in [1.29, 1.82) is 0 Å². The largest absolute Gasteiger partial charge is 0.405 e. The minimum absolute atomic E-state index is 0.0310. The Labute approximate surface area is 67.3 Å². The molecule has 1 rings (SSSR count). The summed E-state index contributed by atoms with van der Waals surface area (Å²) in [4.78, 5) is 0. The van der Waals surface area contributed by atoms with Gasteiger partial charge in [-0.3, -0.25) is 0 Å². The van der Waals surface area contributed by atoms with E-state index in [0.717, 1.165) is 18.4 Å². The van der Waals surface area contributed by atoms with Crippen LogP contribution in [-0.2, 0) is 0 Å². The van der Waals surface area contributed by atoms with E-state index in [-0.39, 0.29) is 6.04 Å². The Morgan fingerprint density at radius 2 is 2.27 bits per heavy atom. The summed E-state index contributed by atoms with van der Waals surface area (Å²) in [5, 5.41) is 0. The van der Waals surface area contributed by atoms with Gasteiger partial charge in [-0.2, -0.15) is 0 Å². The Bertz CT molecular complexity index is 202. The average molecular weight is 150 g/mol. The van der Waals surface area contributed by atoms with E-state index in [4.69, 9.17) is 11.5 Å². The minimum Gasteiger partial charge on any atom is -0.405 e. The van der Waals surface area contributed by atoms with Gasteiger partial charge in [0.1, 0.15) is 0 Å². The maximum absolute atomic E-state index is 5.77. The molecule has 1 unspecified atom stereocenters. The highest BCUT2D eigenvalue weighted by Gasteiger charge is 2.03. The Morgan fingerprint density at radius 3 is 2.82 bits per heavy atom. The summed E-state index contributed by atoms with van der Waals surface area (Å²) in [6, 6.07) is -0.0310. The third-order valence-electron chi connectivity index (χ3n) is 1.73. The quantitative estimate of drug-likeness (QED) is 0.618. The van der Waals surface area contributed by atoms with Crippen LogP contribution in [0.1, 0.15) is 12.8 Å². The van der Waals surface area contributed by atoms with Crippen molar-refractivity contribution in [3.63, 3.8) is 0 Å². The first-order chi connectivity index (χ1) is 5.34. The van der Waals surface area contributed by atoms with Gasteiger partial charge in [-0.05, 0) is 30.7 Å². The lowest BCUT2D eigenvalue weighted by atomic mass is 10.0. The van der Waals surface area contributed by atoms with Crippen molar-refractivity contribution in [2.45, 2.75) is 18.9 Å². The second-order valence-electron chi connectivity index (χ2n) is 2.59. The molecular weight excluding hydrogens is 136 g/mol. The van der Waals surface area contributed by atoms with Gasteiger partial charge < -0.3 is 11.5 Å². The van der Waals surface area contributed by atoms with Gasteiger partial charge >= 0.3 is 0 Å². The van der Waals surface area contributed by atoms with Crippen molar-refractivity contribution < 1.29 is 0 Å². The molecule has 0 aromatic carbocycles. The van der Waals surface area contributed by atoms with E-state index >= 15 is 0 Å². The standard InChI is InChI=1S/C9H14N2/c10-7-6-9(11)8-4-2-1-3-5-8/h2,4-7,9H,1,3,10-11H2/b7-6+. The molecule has 0 amide bonds. The number of hydrogen-bond acceptors (Lipinski definition) is 2. The van der Waals surface area contributed by atoms with Crippen LogP contribution in [0.5, 0.6) is 0 Å². The first-order valence-electron chi connectivity index (χ1n) is 3.85. The van der Waals surface area contributed by atoms with Crippen LogP contribution in [0.15, 0.2) is 36.1 Å². The lowest BCUT2D eigenvalue weighted by molar-refractivity contribution is 0.920. The fraction of sp³-hybridized carbons (Fsp3) is 0.333. The normalized spacial score (nSPS) is 20.3. The second kappa shape index (κ2) is 3.98. The third-order valence-corrected chi connectivity index (χ3v) is 1.73. The van der Waals surface area contributed by atoms with Gasteiger partial charge in [-0.25, -0.2) is 0 Å². The zero-order valence-electron chi connectivity index (χ0n) is 6.53. The van der Waals surface area contributed by atoms with Crippen LogP contribution in [0, 0.1) is 0 Å². The Hall–Kier alpha value is -1.02.